The van der Waals surface area contributed by atoms with Crippen LogP contribution in [-0.4, -0.2) is 30.3 Å². The molecule has 2 heteroatoms. The van der Waals surface area contributed by atoms with Crippen molar-refractivity contribution in [3.8, 4) is 0 Å². The summed E-state index contributed by atoms with van der Waals surface area (Å²) in [5.41, 5.74) is 0. The normalized spacial score (nSPS) is 28.9. The zero-order chi connectivity index (χ0) is 13.0. The van der Waals surface area contributed by atoms with Crippen LogP contribution in [0.2, 0.25) is 0 Å². The predicted octanol–water partition coefficient (Wildman–Crippen LogP) is 3.50. The van der Waals surface area contributed by atoms with Gasteiger partial charge in [-0.15, -0.1) is 0 Å². The summed E-state index contributed by atoms with van der Waals surface area (Å²) in [6.07, 6.45) is 8.56. The molecule has 0 aromatic carbocycles. The van der Waals surface area contributed by atoms with Gasteiger partial charge in [0.25, 0.3) is 0 Å². The minimum atomic E-state index is 0.342. The Hall–Kier alpha value is -0.370. The Labute approximate surface area is 112 Å². The lowest BCUT2D eigenvalue weighted by molar-refractivity contribution is -0.126. The maximum absolute atomic E-state index is 12.1. The first-order valence-electron chi connectivity index (χ1n) is 7.98. The molecule has 2 rings (SSSR count). The van der Waals surface area contributed by atoms with Crippen molar-refractivity contribution in [1.82, 2.24) is 4.90 Å². The Morgan fingerprint density at radius 3 is 2.50 bits per heavy atom. The van der Waals surface area contributed by atoms with Crippen molar-refractivity contribution >= 4 is 5.78 Å². The standard InChI is InChI=1S/C16H29NO/c1-3-5-13-8-9-16(18)15(10-13)12-17(4-2)11-14-6-7-14/h13-15H,3-12H2,1-2H3. The molecule has 18 heavy (non-hydrogen) atoms. The van der Waals surface area contributed by atoms with Gasteiger partial charge in [-0.2, -0.15) is 0 Å². The molecule has 0 heterocycles. The van der Waals surface area contributed by atoms with Gasteiger partial charge in [0.05, 0.1) is 0 Å². The lowest BCUT2D eigenvalue weighted by atomic mass is 9.78. The van der Waals surface area contributed by atoms with E-state index < -0.39 is 0 Å². The molecule has 2 aliphatic rings. The Morgan fingerprint density at radius 2 is 1.89 bits per heavy atom. The van der Waals surface area contributed by atoms with Crippen molar-refractivity contribution in [1.29, 1.82) is 0 Å². The highest BCUT2D eigenvalue weighted by molar-refractivity contribution is 5.81. The van der Waals surface area contributed by atoms with Gasteiger partial charge in [0.1, 0.15) is 5.78 Å². The molecule has 0 spiro atoms. The highest BCUT2D eigenvalue weighted by Gasteiger charge is 2.31. The summed E-state index contributed by atoms with van der Waals surface area (Å²) in [7, 11) is 0. The Balaban J connectivity index is 1.82. The lowest BCUT2D eigenvalue weighted by Gasteiger charge is -2.32. The van der Waals surface area contributed by atoms with Crippen molar-refractivity contribution in [2.75, 3.05) is 19.6 Å². The van der Waals surface area contributed by atoms with Gasteiger partial charge in [0.2, 0.25) is 0 Å². The first kappa shape index (κ1) is 14.0. The van der Waals surface area contributed by atoms with Crippen LogP contribution in [0.4, 0.5) is 0 Å². The van der Waals surface area contributed by atoms with E-state index in [1.54, 1.807) is 0 Å². The minimum Gasteiger partial charge on any atom is -0.303 e. The second-order valence-electron chi connectivity index (χ2n) is 6.39. The van der Waals surface area contributed by atoms with E-state index in [1.165, 1.54) is 32.2 Å². The molecular weight excluding hydrogens is 222 g/mol. The van der Waals surface area contributed by atoms with E-state index in [1.807, 2.05) is 0 Å². The summed E-state index contributed by atoms with van der Waals surface area (Å²) in [6.45, 7) is 7.87. The van der Waals surface area contributed by atoms with E-state index in [-0.39, 0.29) is 0 Å². The third-order valence-electron chi connectivity index (χ3n) is 4.71. The molecule has 2 nitrogen and oxygen atoms in total. The Bertz CT molecular complexity index is 272. The zero-order valence-electron chi connectivity index (χ0n) is 12.2. The maximum Gasteiger partial charge on any atom is 0.137 e. The van der Waals surface area contributed by atoms with Crippen LogP contribution in [0.25, 0.3) is 0 Å². The molecule has 0 radical (unpaired) electrons. The Kier molecular flexibility index (Phi) is 5.23. The monoisotopic (exact) mass is 251 g/mol. The van der Waals surface area contributed by atoms with Crippen molar-refractivity contribution in [3.05, 3.63) is 0 Å². The highest BCUT2D eigenvalue weighted by Crippen LogP contribution is 2.32. The number of hydrogen-bond acceptors (Lipinski definition) is 2. The second-order valence-corrected chi connectivity index (χ2v) is 6.39. The minimum absolute atomic E-state index is 0.342. The molecule has 2 atom stereocenters. The fourth-order valence-electron chi connectivity index (χ4n) is 3.36. The van der Waals surface area contributed by atoms with Crippen molar-refractivity contribution in [2.24, 2.45) is 17.8 Å². The van der Waals surface area contributed by atoms with Crippen LogP contribution in [-0.2, 0) is 4.79 Å². The van der Waals surface area contributed by atoms with Crippen molar-refractivity contribution in [2.45, 2.75) is 58.8 Å². The number of carbonyl (C=O) groups excluding carboxylic acids is 1. The van der Waals surface area contributed by atoms with E-state index in [0.717, 1.165) is 44.2 Å². The molecule has 0 N–H and O–H groups in total. The van der Waals surface area contributed by atoms with Gasteiger partial charge >= 0.3 is 0 Å². The summed E-state index contributed by atoms with van der Waals surface area (Å²) in [4.78, 5) is 14.6. The summed E-state index contributed by atoms with van der Waals surface area (Å²) in [5, 5.41) is 0. The van der Waals surface area contributed by atoms with Gasteiger partial charge in [-0.3, -0.25) is 4.79 Å². The number of rotatable bonds is 7. The van der Waals surface area contributed by atoms with Gasteiger partial charge in [0, 0.05) is 25.4 Å². The number of carbonyl (C=O) groups is 1. The van der Waals surface area contributed by atoms with Gasteiger partial charge < -0.3 is 4.90 Å². The van der Waals surface area contributed by atoms with Crippen LogP contribution in [0.1, 0.15) is 58.8 Å². The van der Waals surface area contributed by atoms with E-state index in [4.69, 9.17) is 0 Å². The largest absolute Gasteiger partial charge is 0.303 e. The summed E-state index contributed by atoms with van der Waals surface area (Å²) >= 11 is 0. The van der Waals surface area contributed by atoms with E-state index >= 15 is 0 Å². The van der Waals surface area contributed by atoms with Crippen molar-refractivity contribution in [3.63, 3.8) is 0 Å². The quantitative estimate of drug-likeness (QED) is 0.690. The number of ketones is 1. The van der Waals surface area contributed by atoms with Crippen LogP contribution in [0.3, 0.4) is 0 Å². The summed E-state index contributed by atoms with van der Waals surface area (Å²) in [6, 6.07) is 0. The van der Waals surface area contributed by atoms with Gasteiger partial charge in [-0.1, -0.05) is 26.7 Å². The lowest BCUT2D eigenvalue weighted by Crippen LogP contribution is -2.37. The van der Waals surface area contributed by atoms with Gasteiger partial charge in [-0.05, 0) is 44.1 Å². The fourth-order valence-corrected chi connectivity index (χ4v) is 3.36. The van der Waals surface area contributed by atoms with Crippen LogP contribution < -0.4 is 0 Å². The third-order valence-corrected chi connectivity index (χ3v) is 4.71. The smallest absolute Gasteiger partial charge is 0.137 e. The first-order valence-corrected chi connectivity index (χ1v) is 7.98. The molecule has 104 valence electrons. The second kappa shape index (κ2) is 6.70. The van der Waals surface area contributed by atoms with Gasteiger partial charge in [0.15, 0.2) is 0 Å². The van der Waals surface area contributed by atoms with E-state index in [0.29, 0.717) is 11.7 Å². The van der Waals surface area contributed by atoms with Crippen LogP contribution in [0.15, 0.2) is 0 Å². The molecule has 2 aliphatic carbocycles. The average molecular weight is 251 g/mol. The molecule has 0 amide bonds. The summed E-state index contributed by atoms with van der Waals surface area (Å²) < 4.78 is 0. The molecule has 0 saturated heterocycles. The number of hydrogen-bond donors (Lipinski definition) is 0. The maximum atomic E-state index is 12.1. The topological polar surface area (TPSA) is 20.3 Å². The molecule has 0 aromatic heterocycles. The first-order chi connectivity index (χ1) is 8.72. The third kappa shape index (κ3) is 4.08. The fraction of sp³-hybridized carbons (Fsp3) is 0.938. The van der Waals surface area contributed by atoms with E-state index in [9.17, 15) is 4.79 Å². The van der Waals surface area contributed by atoms with Crippen LogP contribution >= 0.6 is 0 Å². The average Bonchev–Trinajstić information content (AvgIpc) is 3.16. The summed E-state index contributed by atoms with van der Waals surface area (Å²) in [5.74, 6) is 2.64. The molecule has 0 aromatic rings. The Morgan fingerprint density at radius 1 is 1.11 bits per heavy atom. The van der Waals surface area contributed by atoms with Crippen molar-refractivity contribution < 1.29 is 4.79 Å². The molecule has 0 bridgehead atoms. The van der Waals surface area contributed by atoms with E-state index in [2.05, 4.69) is 18.7 Å². The molecular formula is C16H29NO. The molecule has 0 aliphatic heterocycles. The zero-order valence-corrected chi connectivity index (χ0v) is 12.2. The van der Waals surface area contributed by atoms with Crippen LogP contribution in [0.5, 0.6) is 0 Å². The molecule has 2 fully saturated rings. The predicted molar refractivity (Wildman–Crippen MR) is 75.6 cm³/mol. The van der Waals surface area contributed by atoms with Gasteiger partial charge in [-0.25, -0.2) is 0 Å². The molecule has 2 unspecified atom stereocenters. The number of Topliss-reactive ketones (excluding diaryl/α,β-unsaturated/α-hetero) is 1. The molecule has 2 saturated carbocycles. The highest BCUT2D eigenvalue weighted by atomic mass is 16.1. The SMILES string of the molecule is CCCC1CCC(=O)C(CN(CC)CC2CC2)C1. The van der Waals surface area contributed by atoms with Crippen LogP contribution in [0, 0.1) is 17.8 Å². The number of nitrogens with zero attached hydrogens (tertiary/aromatic N) is 1.